The molecule has 1 aliphatic heterocycles. The molecule has 2 aliphatic carbocycles. The number of aromatic hydroxyl groups is 1. The van der Waals surface area contributed by atoms with E-state index in [0.717, 1.165) is 32.0 Å². The number of aromatic nitrogens is 1. The number of rotatable bonds is 5. The number of carbonyl (C=O) groups is 1. The lowest BCUT2D eigenvalue weighted by atomic mass is 9.81. The van der Waals surface area contributed by atoms with Gasteiger partial charge in [0.05, 0.1) is 10.9 Å². The van der Waals surface area contributed by atoms with Crippen LogP contribution in [-0.2, 0) is 0 Å². The summed E-state index contributed by atoms with van der Waals surface area (Å²) < 4.78 is 32.6. The Labute approximate surface area is 177 Å². The molecule has 2 aromatic rings. The van der Waals surface area contributed by atoms with Gasteiger partial charge in [0.2, 0.25) is 5.43 Å². The minimum atomic E-state index is -1.49. The molecule has 3 aliphatic rings. The van der Waals surface area contributed by atoms with E-state index in [9.17, 15) is 19.8 Å². The number of benzene rings is 1. The van der Waals surface area contributed by atoms with Gasteiger partial charge < -0.3 is 25.0 Å². The van der Waals surface area contributed by atoms with E-state index in [-0.39, 0.29) is 28.6 Å². The second-order valence-electron chi connectivity index (χ2n) is 9.23. The molecular formula is C22H25F2N3O4. The molecule has 2 atom stereocenters. The van der Waals surface area contributed by atoms with Crippen molar-refractivity contribution in [3.63, 3.8) is 0 Å². The summed E-state index contributed by atoms with van der Waals surface area (Å²) in [6.07, 6.45) is 5.54. The minimum absolute atomic E-state index is 0.0818. The molecule has 3 fully saturated rings. The molecule has 0 amide bonds. The number of nitrogens with one attached hydrogen (secondary N) is 1. The average Bonchev–Trinajstić information content (AvgIpc) is 3.40. The fraction of sp³-hybridized carbons (Fsp3) is 0.545. The van der Waals surface area contributed by atoms with Crippen LogP contribution in [0.5, 0.6) is 5.75 Å². The largest absolute Gasteiger partial charge is 0.504 e. The fourth-order valence-electron chi connectivity index (χ4n) is 5.80. The molecule has 9 heteroatoms. The fourth-order valence-corrected chi connectivity index (χ4v) is 5.80. The Morgan fingerprint density at radius 3 is 2.68 bits per heavy atom. The second kappa shape index (κ2) is 6.91. The SMILES string of the molecule is CNC[C@]12CCC[C@H]1CN(c1c(F)c(O)c3c(=O)c(C(=O)O)cn(C4CC4)c3c1F)C2. The van der Waals surface area contributed by atoms with E-state index in [1.54, 1.807) is 4.90 Å². The molecule has 5 rings (SSSR count). The Kier molecular flexibility index (Phi) is 4.51. The van der Waals surface area contributed by atoms with Crippen LogP contribution in [0.1, 0.15) is 48.5 Å². The number of pyridine rings is 1. The van der Waals surface area contributed by atoms with Gasteiger partial charge in [-0.3, -0.25) is 4.79 Å². The van der Waals surface area contributed by atoms with Gasteiger partial charge in [-0.2, -0.15) is 0 Å². The zero-order chi connectivity index (χ0) is 22.1. The van der Waals surface area contributed by atoms with Gasteiger partial charge in [-0.25, -0.2) is 13.6 Å². The van der Waals surface area contributed by atoms with Crippen molar-refractivity contribution in [3.8, 4) is 5.75 Å². The van der Waals surface area contributed by atoms with Crippen molar-refractivity contribution >= 4 is 22.6 Å². The first-order valence-electron chi connectivity index (χ1n) is 10.7. The van der Waals surface area contributed by atoms with E-state index in [4.69, 9.17) is 0 Å². The van der Waals surface area contributed by atoms with E-state index < -0.39 is 39.7 Å². The maximum Gasteiger partial charge on any atom is 0.341 e. The van der Waals surface area contributed by atoms with E-state index >= 15 is 8.78 Å². The lowest BCUT2D eigenvalue weighted by Crippen LogP contribution is -2.37. The summed E-state index contributed by atoms with van der Waals surface area (Å²) >= 11 is 0. The number of phenols is 1. The van der Waals surface area contributed by atoms with Crippen molar-refractivity contribution in [1.82, 2.24) is 9.88 Å². The lowest BCUT2D eigenvalue weighted by molar-refractivity contribution is 0.0695. The number of anilines is 1. The summed E-state index contributed by atoms with van der Waals surface area (Å²) in [5.41, 5.74) is -2.31. The number of hydrogen-bond acceptors (Lipinski definition) is 5. The second-order valence-corrected chi connectivity index (χ2v) is 9.23. The Morgan fingerprint density at radius 2 is 2.03 bits per heavy atom. The third-order valence-corrected chi connectivity index (χ3v) is 7.36. The minimum Gasteiger partial charge on any atom is -0.504 e. The van der Waals surface area contributed by atoms with Crippen LogP contribution in [-0.4, -0.2) is 47.4 Å². The maximum absolute atomic E-state index is 15.9. The maximum atomic E-state index is 15.9. The van der Waals surface area contributed by atoms with Crippen molar-refractivity contribution in [3.05, 3.63) is 33.6 Å². The van der Waals surface area contributed by atoms with E-state index in [0.29, 0.717) is 25.9 Å². The number of halogens is 2. The Hall–Kier alpha value is -2.68. The van der Waals surface area contributed by atoms with Crippen molar-refractivity contribution < 1.29 is 23.8 Å². The van der Waals surface area contributed by atoms with Gasteiger partial charge in [-0.05, 0) is 38.6 Å². The molecule has 2 saturated carbocycles. The third-order valence-electron chi connectivity index (χ3n) is 7.36. The van der Waals surface area contributed by atoms with Crippen LogP contribution < -0.4 is 15.6 Å². The van der Waals surface area contributed by atoms with Crippen molar-refractivity contribution in [2.45, 2.75) is 38.1 Å². The molecule has 0 spiro atoms. The van der Waals surface area contributed by atoms with Crippen LogP contribution in [0.2, 0.25) is 0 Å². The van der Waals surface area contributed by atoms with Crippen LogP contribution in [0.15, 0.2) is 11.0 Å². The highest BCUT2D eigenvalue weighted by molar-refractivity contribution is 5.96. The molecule has 0 radical (unpaired) electrons. The third kappa shape index (κ3) is 2.86. The summed E-state index contributed by atoms with van der Waals surface area (Å²) in [4.78, 5) is 25.9. The molecule has 0 unspecified atom stereocenters. The van der Waals surface area contributed by atoms with E-state index in [1.807, 2.05) is 7.05 Å². The number of fused-ring (bicyclic) bond motifs is 2. The number of carboxylic acid groups (broad SMARTS) is 1. The topological polar surface area (TPSA) is 94.8 Å². The van der Waals surface area contributed by atoms with Crippen LogP contribution >= 0.6 is 0 Å². The molecular weight excluding hydrogens is 408 g/mol. The standard InChI is InChI=1S/C22H25F2N3O4/c1-25-9-22-6-2-3-11(22)7-26(10-22)18-15(23)17-14(20(29)16(18)24)19(28)13(21(30)31)8-27(17)12-4-5-12/h8,11-12,25,29H,2-7,9-10H2,1H3,(H,30,31)/t11-,22-/m0/s1. The first-order valence-corrected chi connectivity index (χ1v) is 10.7. The highest BCUT2D eigenvalue weighted by Crippen LogP contribution is 2.51. The zero-order valence-corrected chi connectivity index (χ0v) is 17.3. The quantitative estimate of drug-likeness (QED) is 0.671. The van der Waals surface area contributed by atoms with Gasteiger partial charge >= 0.3 is 5.97 Å². The van der Waals surface area contributed by atoms with Gasteiger partial charge in [0.1, 0.15) is 11.3 Å². The number of carboxylic acids is 1. The highest BCUT2D eigenvalue weighted by atomic mass is 19.1. The Bertz CT molecular complexity index is 1160. The number of hydrogen-bond donors (Lipinski definition) is 3. The van der Waals surface area contributed by atoms with Crippen LogP contribution in [0, 0.1) is 23.0 Å². The van der Waals surface area contributed by atoms with Crippen molar-refractivity contribution in [2.75, 3.05) is 31.6 Å². The summed E-state index contributed by atoms with van der Waals surface area (Å²) in [6.45, 7) is 1.67. The van der Waals surface area contributed by atoms with E-state index in [1.165, 1.54) is 4.57 Å². The van der Waals surface area contributed by atoms with Crippen LogP contribution in [0.25, 0.3) is 10.9 Å². The molecule has 3 N–H and O–H groups in total. The normalized spacial score (nSPS) is 25.4. The summed E-state index contributed by atoms with van der Waals surface area (Å²) in [5.74, 6) is -4.30. The van der Waals surface area contributed by atoms with Crippen LogP contribution in [0.3, 0.4) is 0 Å². The van der Waals surface area contributed by atoms with Gasteiger partial charge in [0.25, 0.3) is 0 Å². The number of aromatic carboxylic acids is 1. The summed E-state index contributed by atoms with van der Waals surface area (Å²) in [5, 5.41) is 22.6. The lowest BCUT2D eigenvalue weighted by Gasteiger charge is -2.29. The van der Waals surface area contributed by atoms with Gasteiger partial charge in [0, 0.05) is 37.3 Å². The molecule has 31 heavy (non-hydrogen) atoms. The molecule has 2 heterocycles. The molecule has 7 nitrogen and oxygen atoms in total. The van der Waals surface area contributed by atoms with E-state index in [2.05, 4.69) is 5.32 Å². The molecule has 1 aromatic heterocycles. The molecule has 1 aromatic carbocycles. The van der Waals surface area contributed by atoms with Crippen LogP contribution in [0.4, 0.5) is 14.5 Å². The molecule has 166 valence electrons. The zero-order valence-electron chi connectivity index (χ0n) is 17.3. The Morgan fingerprint density at radius 1 is 1.29 bits per heavy atom. The van der Waals surface area contributed by atoms with Gasteiger partial charge in [-0.1, -0.05) is 6.42 Å². The first kappa shape index (κ1) is 20.2. The average molecular weight is 433 g/mol. The van der Waals surface area contributed by atoms with Crippen molar-refractivity contribution in [2.24, 2.45) is 11.3 Å². The summed E-state index contributed by atoms with van der Waals surface area (Å²) in [7, 11) is 1.87. The number of phenolic OH excluding ortho intramolecular Hbond substituents is 1. The van der Waals surface area contributed by atoms with Crippen molar-refractivity contribution in [1.29, 1.82) is 0 Å². The number of nitrogens with zero attached hydrogens (tertiary/aromatic N) is 2. The highest BCUT2D eigenvalue weighted by Gasteiger charge is 2.50. The summed E-state index contributed by atoms with van der Waals surface area (Å²) in [6, 6.07) is -0.179. The molecule has 1 saturated heterocycles. The predicted molar refractivity (Wildman–Crippen MR) is 111 cm³/mol. The first-order chi connectivity index (χ1) is 14.8. The Balaban J connectivity index is 1.73. The predicted octanol–water partition coefficient (Wildman–Crippen LogP) is 2.84. The monoisotopic (exact) mass is 433 g/mol. The van der Waals surface area contributed by atoms with Gasteiger partial charge in [-0.15, -0.1) is 0 Å². The smallest absolute Gasteiger partial charge is 0.341 e. The van der Waals surface area contributed by atoms with Gasteiger partial charge in [0.15, 0.2) is 17.4 Å². The molecule has 0 bridgehead atoms.